The van der Waals surface area contributed by atoms with E-state index in [2.05, 4.69) is 37.0 Å². The van der Waals surface area contributed by atoms with Crippen molar-refractivity contribution in [1.29, 1.82) is 0 Å². The summed E-state index contributed by atoms with van der Waals surface area (Å²) in [5.74, 6) is 0.348. The Balaban J connectivity index is 1.37. The number of rotatable bonds is 6. The van der Waals surface area contributed by atoms with Gasteiger partial charge in [-0.05, 0) is 37.1 Å². The van der Waals surface area contributed by atoms with Crippen molar-refractivity contribution in [2.45, 2.75) is 19.0 Å². The number of thioether (sulfide) groups is 1. The number of anilines is 1. The maximum atomic E-state index is 12.8. The van der Waals surface area contributed by atoms with Gasteiger partial charge in [-0.15, -0.1) is 0 Å². The number of amides is 1. The molecule has 166 valence electrons. The summed E-state index contributed by atoms with van der Waals surface area (Å²) in [6.07, 6.45) is 3.67. The molecule has 2 heterocycles. The van der Waals surface area contributed by atoms with Crippen LogP contribution >= 0.6 is 11.8 Å². The first kappa shape index (κ1) is 21.9. The minimum atomic E-state index is -0.360. The van der Waals surface area contributed by atoms with E-state index >= 15 is 0 Å². The predicted molar refractivity (Wildman–Crippen MR) is 126 cm³/mol. The van der Waals surface area contributed by atoms with Crippen molar-refractivity contribution in [3.8, 4) is 5.69 Å². The fourth-order valence-corrected chi connectivity index (χ4v) is 4.73. The van der Waals surface area contributed by atoms with E-state index in [-0.39, 0.29) is 16.5 Å². The highest BCUT2D eigenvalue weighted by atomic mass is 32.2. The normalized spacial score (nSPS) is 13.9. The van der Waals surface area contributed by atoms with Crippen molar-refractivity contribution < 1.29 is 9.72 Å². The fraction of sp³-hybridized carbons (Fsp3) is 0.304. The number of benzene rings is 2. The Morgan fingerprint density at radius 3 is 2.59 bits per heavy atom. The largest absolute Gasteiger partial charge is 0.362 e. The first-order chi connectivity index (χ1) is 15.4. The Hall–Kier alpha value is -3.33. The van der Waals surface area contributed by atoms with Gasteiger partial charge in [0, 0.05) is 44.6 Å². The first-order valence-corrected chi connectivity index (χ1v) is 11.4. The lowest BCUT2D eigenvalue weighted by atomic mass is 10.1. The van der Waals surface area contributed by atoms with Gasteiger partial charge in [-0.3, -0.25) is 19.5 Å². The Labute approximate surface area is 191 Å². The van der Waals surface area contributed by atoms with Crippen molar-refractivity contribution >= 4 is 29.0 Å². The highest BCUT2D eigenvalue weighted by molar-refractivity contribution is 7.99. The molecule has 4 rings (SSSR count). The maximum Gasteiger partial charge on any atom is 0.292 e. The summed E-state index contributed by atoms with van der Waals surface area (Å²) in [7, 11) is 0. The molecule has 0 unspecified atom stereocenters. The zero-order valence-corrected chi connectivity index (χ0v) is 18.9. The van der Waals surface area contributed by atoms with Crippen molar-refractivity contribution in [3.05, 3.63) is 76.1 Å². The first-order valence-electron chi connectivity index (χ1n) is 10.4. The number of carbonyl (C=O) groups is 1. The SMILES string of the molecule is Cc1ccc(C)c(-n2ccnc2SCC(=O)N2CCN(c3ccccc3[N+](=O)[O-])CC2)c1. The maximum absolute atomic E-state index is 12.8. The summed E-state index contributed by atoms with van der Waals surface area (Å²) < 4.78 is 2.02. The van der Waals surface area contributed by atoms with Gasteiger partial charge in [0.2, 0.25) is 5.91 Å². The summed E-state index contributed by atoms with van der Waals surface area (Å²) in [5.41, 5.74) is 4.09. The van der Waals surface area contributed by atoms with Crippen molar-refractivity contribution in [3.63, 3.8) is 0 Å². The van der Waals surface area contributed by atoms with Crippen LogP contribution in [-0.4, -0.2) is 57.2 Å². The highest BCUT2D eigenvalue weighted by Gasteiger charge is 2.25. The van der Waals surface area contributed by atoms with E-state index in [1.807, 2.05) is 20.6 Å². The zero-order valence-electron chi connectivity index (χ0n) is 18.1. The summed E-state index contributed by atoms with van der Waals surface area (Å²) in [6.45, 7) is 6.33. The summed E-state index contributed by atoms with van der Waals surface area (Å²) in [6, 6.07) is 13.0. The minimum Gasteiger partial charge on any atom is -0.362 e. The Morgan fingerprint density at radius 1 is 1.09 bits per heavy atom. The van der Waals surface area contributed by atoms with Crippen LogP contribution in [0.5, 0.6) is 0 Å². The molecule has 1 aliphatic heterocycles. The zero-order chi connectivity index (χ0) is 22.7. The standard InChI is InChI=1S/C23H25N5O3S/c1-17-7-8-18(2)21(15-17)27-10-9-24-23(27)32-16-22(29)26-13-11-25(12-14-26)19-5-3-4-6-20(19)28(30)31/h3-10,15H,11-14,16H2,1-2H3. The molecule has 0 N–H and O–H groups in total. The molecule has 3 aromatic rings. The molecule has 0 aliphatic carbocycles. The molecule has 1 fully saturated rings. The molecule has 32 heavy (non-hydrogen) atoms. The molecule has 0 saturated carbocycles. The van der Waals surface area contributed by atoms with Crippen LogP contribution < -0.4 is 4.90 Å². The molecule has 0 radical (unpaired) electrons. The summed E-state index contributed by atoms with van der Waals surface area (Å²) in [5, 5.41) is 12.1. The number of piperazine rings is 1. The molecule has 0 atom stereocenters. The monoisotopic (exact) mass is 451 g/mol. The number of imidazole rings is 1. The number of carbonyl (C=O) groups excluding carboxylic acids is 1. The smallest absolute Gasteiger partial charge is 0.292 e. The topological polar surface area (TPSA) is 84.5 Å². The number of para-hydroxylation sites is 2. The molecule has 0 spiro atoms. The summed E-state index contributed by atoms with van der Waals surface area (Å²) in [4.78, 5) is 32.0. The minimum absolute atomic E-state index is 0.0488. The van der Waals surface area contributed by atoms with Crippen LogP contribution in [0.4, 0.5) is 11.4 Å². The van der Waals surface area contributed by atoms with Gasteiger partial charge in [0.15, 0.2) is 5.16 Å². The number of nitro benzene ring substituents is 1. The number of nitro groups is 1. The lowest BCUT2D eigenvalue weighted by Crippen LogP contribution is -2.49. The molecule has 1 saturated heterocycles. The van der Waals surface area contributed by atoms with Crippen LogP contribution in [0.3, 0.4) is 0 Å². The van der Waals surface area contributed by atoms with Crippen molar-refractivity contribution in [2.75, 3.05) is 36.8 Å². The van der Waals surface area contributed by atoms with Crippen LogP contribution in [0.1, 0.15) is 11.1 Å². The van der Waals surface area contributed by atoms with E-state index in [1.165, 1.54) is 23.4 Å². The Morgan fingerprint density at radius 2 is 1.84 bits per heavy atom. The lowest BCUT2D eigenvalue weighted by molar-refractivity contribution is -0.384. The molecule has 2 aromatic carbocycles. The number of nitrogens with zero attached hydrogens (tertiary/aromatic N) is 5. The van der Waals surface area contributed by atoms with Gasteiger partial charge in [-0.2, -0.15) is 0 Å². The van der Waals surface area contributed by atoms with Gasteiger partial charge in [-0.1, -0.05) is 36.0 Å². The van der Waals surface area contributed by atoms with Gasteiger partial charge in [0.25, 0.3) is 5.69 Å². The third-order valence-electron chi connectivity index (χ3n) is 5.61. The predicted octanol–water partition coefficient (Wildman–Crippen LogP) is 3.84. The van der Waals surface area contributed by atoms with E-state index in [0.29, 0.717) is 37.6 Å². The van der Waals surface area contributed by atoms with Crippen LogP contribution in [0.25, 0.3) is 5.69 Å². The van der Waals surface area contributed by atoms with E-state index in [0.717, 1.165) is 16.4 Å². The van der Waals surface area contributed by atoms with E-state index in [1.54, 1.807) is 24.4 Å². The second-order valence-electron chi connectivity index (χ2n) is 7.77. The third-order valence-corrected chi connectivity index (χ3v) is 6.56. The van der Waals surface area contributed by atoms with Crippen LogP contribution in [0.2, 0.25) is 0 Å². The van der Waals surface area contributed by atoms with Gasteiger partial charge >= 0.3 is 0 Å². The molecular formula is C23H25N5O3S. The van der Waals surface area contributed by atoms with Crippen LogP contribution in [0.15, 0.2) is 60.0 Å². The van der Waals surface area contributed by atoms with E-state index in [4.69, 9.17) is 0 Å². The summed E-state index contributed by atoms with van der Waals surface area (Å²) >= 11 is 1.43. The number of aryl methyl sites for hydroxylation is 2. The second-order valence-corrected chi connectivity index (χ2v) is 8.71. The molecule has 1 amide bonds. The quantitative estimate of drug-likeness (QED) is 0.322. The van der Waals surface area contributed by atoms with E-state index in [9.17, 15) is 14.9 Å². The van der Waals surface area contributed by atoms with Crippen molar-refractivity contribution in [1.82, 2.24) is 14.5 Å². The molecule has 0 bridgehead atoms. The highest BCUT2D eigenvalue weighted by Crippen LogP contribution is 2.29. The molecule has 1 aromatic heterocycles. The average Bonchev–Trinajstić information content (AvgIpc) is 3.27. The second kappa shape index (κ2) is 9.44. The third kappa shape index (κ3) is 4.62. The Bertz CT molecular complexity index is 1140. The number of hydrogen-bond donors (Lipinski definition) is 0. The van der Waals surface area contributed by atoms with Crippen molar-refractivity contribution in [2.24, 2.45) is 0 Å². The molecular weight excluding hydrogens is 426 g/mol. The lowest BCUT2D eigenvalue weighted by Gasteiger charge is -2.35. The van der Waals surface area contributed by atoms with E-state index < -0.39 is 0 Å². The molecule has 8 nitrogen and oxygen atoms in total. The Kier molecular flexibility index (Phi) is 6.45. The average molecular weight is 452 g/mol. The van der Waals surface area contributed by atoms with Crippen LogP contribution in [-0.2, 0) is 4.79 Å². The number of aromatic nitrogens is 2. The fourth-order valence-electron chi connectivity index (χ4n) is 3.86. The van der Waals surface area contributed by atoms with Gasteiger partial charge < -0.3 is 9.80 Å². The van der Waals surface area contributed by atoms with Gasteiger partial charge in [-0.25, -0.2) is 4.98 Å². The van der Waals surface area contributed by atoms with Crippen LogP contribution in [0, 0.1) is 24.0 Å². The number of hydrogen-bond acceptors (Lipinski definition) is 6. The van der Waals surface area contributed by atoms with Gasteiger partial charge in [0.05, 0.1) is 16.4 Å². The molecule has 1 aliphatic rings. The van der Waals surface area contributed by atoms with Gasteiger partial charge in [0.1, 0.15) is 5.69 Å². The molecule has 9 heteroatoms.